The lowest BCUT2D eigenvalue weighted by molar-refractivity contribution is 0.337. The molecule has 3 rings (SSSR count). The highest BCUT2D eigenvalue weighted by Gasteiger charge is 2.44. The predicted molar refractivity (Wildman–Crippen MR) is 77.7 cm³/mol. The number of fused-ring (bicyclic) bond motifs is 1. The molecule has 3 heteroatoms. The maximum atomic E-state index is 4.64. The molecule has 1 saturated carbocycles. The largest absolute Gasteiger partial charge is 0.311 e. The molecule has 1 aliphatic rings. The number of aromatic nitrogens is 2. The molecule has 2 aromatic rings. The lowest BCUT2D eigenvalue weighted by Gasteiger charge is -2.19. The van der Waals surface area contributed by atoms with Crippen LogP contribution in [0.15, 0.2) is 30.5 Å². The Bertz CT molecular complexity index is 573. The van der Waals surface area contributed by atoms with Crippen LogP contribution in [-0.4, -0.2) is 16.5 Å². The van der Waals surface area contributed by atoms with Crippen molar-refractivity contribution in [1.82, 2.24) is 15.3 Å². The molecule has 1 aromatic carbocycles. The van der Waals surface area contributed by atoms with Crippen LogP contribution in [0.4, 0.5) is 0 Å². The lowest BCUT2D eigenvalue weighted by atomic mass is 9.92. The molecule has 100 valence electrons. The molecule has 0 unspecified atom stereocenters. The number of benzene rings is 1. The van der Waals surface area contributed by atoms with E-state index < -0.39 is 0 Å². The minimum atomic E-state index is 0.546. The highest BCUT2D eigenvalue weighted by atomic mass is 14.9. The van der Waals surface area contributed by atoms with E-state index in [0.717, 1.165) is 35.7 Å². The van der Waals surface area contributed by atoms with Gasteiger partial charge in [0.2, 0.25) is 0 Å². The van der Waals surface area contributed by atoms with Crippen molar-refractivity contribution in [1.29, 1.82) is 0 Å². The second-order valence-electron chi connectivity index (χ2n) is 5.97. The molecule has 1 aromatic heterocycles. The Hall–Kier alpha value is -1.48. The Balaban J connectivity index is 1.63. The molecule has 0 saturated heterocycles. The first-order valence-electron chi connectivity index (χ1n) is 7.11. The average Bonchev–Trinajstić information content (AvgIpc) is 3.20. The number of rotatable bonds is 5. The van der Waals surface area contributed by atoms with Crippen LogP contribution in [0.5, 0.6) is 0 Å². The SMILES string of the molecule is CC(C)C1(CNCc2cnc3ccccc3n2)CC1. The van der Waals surface area contributed by atoms with Crippen molar-refractivity contribution in [2.45, 2.75) is 33.2 Å². The van der Waals surface area contributed by atoms with Gasteiger partial charge in [-0.1, -0.05) is 26.0 Å². The van der Waals surface area contributed by atoms with Crippen LogP contribution in [0.3, 0.4) is 0 Å². The molecule has 0 atom stereocenters. The van der Waals surface area contributed by atoms with Gasteiger partial charge in [-0.25, -0.2) is 4.98 Å². The topological polar surface area (TPSA) is 37.8 Å². The first-order valence-corrected chi connectivity index (χ1v) is 7.11. The highest BCUT2D eigenvalue weighted by molar-refractivity contribution is 5.73. The fraction of sp³-hybridized carbons (Fsp3) is 0.500. The Kier molecular flexibility index (Phi) is 3.23. The summed E-state index contributed by atoms with van der Waals surface area (Å²) in [4.78, 5) is 9.08. The highest BCUT2D eigenvalue weighted by Crippen LogP contribution is 2.51. The number of nitrogens with zero attached hydrogens (tertiary/aromatic N) is 2. The molecular formula is C16H21N3. The summed E-state index contributed by atoms with van der Waals surface area (Å²) in [6, 6.07) is 8.01. The molecule has 1 aliphatic carbocycles. The summed E-state index contributed by atoms with van der Waals surface area (Å²) in [7, 11) is 0. The molecule has 3 nitrogen and oxygen atoms in total. The number of para-hydroxylation sites is 2. The van der Waals surface area contributed by atoms with Gasteiger partial charge in [0.25, 0.3) is 0 Å². The van der Waals surface area contributed by atoms with Crippen molar-refractivity contribution in [3.63, 3.8) is 0 Å². The molecule has 0 aliphatic heterocycles. The van der Waals surface area contributed by atoms with Crippen LogP contribution in [0.1, 0.15) is 32.4 Å². The van der Waals surface area contributed by atoms with Crippen LogP contribution >= 0.6 is 0 Å². The van der Waals surface area contributed by atoms with Crippen LogP contribution in [0, 0.1) is 11.3 Å². The minimum Gasteiger partial charge on any atom is -0.311 e. The number of hydrogen-bond donors (Lipinski definition) is 1. The van der Waals surface area contributed by atoms with E-state index in [1.54, 1.807) is 0 Å². The second-order valence-corrected chi connectivity index (χ2v) is 5.97. The quantitative estimate of drug-likeness (QED) is 0.892. The molecular weight excluding hydrogens is 234 g/mol. The van der Waals surface area contributed by atoms with Gasteiger partial charge in [0.15, 0.2) is 0 Å². The maximum Gasteiger partial charge on any atom is 0.0890 e. The van der Waals surface area contributed by atoms with Crippen molar-refractivity contribution >= 4 is 11.0 Å². The van der Waals surface area contributed by atoms with Crippen molar-refractivity contribution in [3.05, 3.63) is 36.2 Å². The van der Waals surface area contributed by atoms with E-state index in [1.165, 1.54) is 12.8 Å². The third-order valence-corrected chi connectivity index (χ3v) is 4.40. The van der Waals surface area contributed by atoms with E-state index >= 15 is 0 Å². The maximum absolute atomic E-state index is 4.64. The zero-order chi connectivity index (χ0) is 13.3. The summed E-state index contributed by atoms with van der Waals surface area (Å²) < 4.78 is 0. The summed E-state index contributed by atoms with van der Waals surface area (Å²) in [6.07, 6.45) is 4.60. The monoisotopic (exact) mass is 255 g/mol. The van der Waals surface area contributed by atoms with E-state index in [1.807, 2.05) is 30.5 Å². The Morgan fingerprint density at radius 2 is 1.95 bits per heavy atom. The summed E-state index contributed by atoms with van der Waals surface area (Å²) in [5, 5.41) is 3.55. The second kappa shape index (κ2) is 4.89. The Labute approximate surface area is 114 Å². The average molecular weight is 255 g/mol. The minimum absolute atomic E-state index is 0.546. The van der Waals surface area contributed by atoms with Gasteiger partial charge < -0.3 is 5.32 Å². The van der Waals surface area contributed by atoms with Gasteiger partial charge in [-0.05, 0) is 36.3 Å². The molecule has 0 radical (unpaired) electrons. The normalized spacial score (nSPS) is 17.0. The Morgan fingerprint density at radius 1 is 1.21 bits per heavy atom. The van der Waals surface area contributed by atoms with Crippen LogP contribution < -0.4 is 5.32 Å². The van der Waals surface area contributed by atoms with E-state index in [9.17, 15) is 0 Å². The number of hydrogen-bond acceptors (Lipinski definition) is 3. The lowest BCUT2D eigenvalue weighted by Crippen LogP contribution is -2.27. The van der Waals surface area contributed by atoms with Crippen molar-refractivity contribution in [3.8, 4) is 0 Å². The van der Waals surface area contributed by atoms with Gasteiger partial charge in [-0.2, -0.15) is 0 Å². The van der Waals surface area contributed by atoms with Crippen LogP contribution in [0.25, 0.3) is 11.0 Å². The van der Waals surface area contributed by atoms with Gasteiger partial charge in [-0.15, -0.1) is 0 Å². The van der Waals surface area contributed by atoms with E-state index in [-0.39, 0.29) is 0 Å². The summed E-state index contributed by atoms with van der Waals surface area (Å²) in [5.74, 6) is 0.766. The van der Waals surface area contributed by atoms with Gasteiger partial charge in [0.1, 0.15) is 0 Å². The van der Waals surface area contributed by atoms with Crippen molar-refractivity contribution < 1.29 is 0 Å². The van der Waals surface area contributed by atoms with E-state index in [4.69, 9.17) is 0 Å². The predicted octanol–water partition coefficient (Wildman–Crippen LogP) is 3.16. The van der Waals surface area contributed by atoms with Crippen LogP contribution in [-0.2, 0) is 6.54 Å². The van der Waals surface area contributed by atoms with E-state index in [0.29, 0.717) is 5.41 Å². The number of nitrogens with one attached hydrogen (secondary N) is 1. The van der Waals surface area contributed by atoms with Gasteiger partial charge >= 0.3 is 0 Å². The van der Waals surface area contributed by atoms with Crippen molar-refractivity contribution in [2.75, 3.05) is 6.54 Å². The van der Waals surface area contributed by atoms with Gasteiger partial charge in [0.05, 0.1) is 22.9 Å². The fourth-order valence-electron chi connectivity index (χ4n) is 2.64. The summed E-state index contributed by atoms with van der Waals surface area (Å²) >= 11 is 0. The zero-order valence-corrected chi connectivity index (χ0v) is 11.7. The van der Waals surface area contributed by atoms with Crippen LogP contribution in [0.2, 0.25) is 0 Å². The van der Waals surface area contributed by atoms with Gasteiger partial charge in [-0.3, -0.25) is 4.98 Å². The molecule has 0 bridgehead atoms. The third kappa shape index (κ3) is 2.61. The standard InChI is InChI=1S/C16H21N3/c1-12(2)16(7-8-16)11-17-9-13-10-18-14-5-3-4-6-15(14)19-13/h3-6,10,12,17H,7-9,11H2,1-2H3. The fourth-order valence-corrected chi connectivity index (χ4v) is 2.64. The van der Waals surface area contributed by atoms with Crippen molar-refractivity contribution in [2.24, 2.45) is 11.3 Å². The molecule has 19 heavy (non-hydrogen) atoms. The molecule has 1 heterocycles. The molecule has 1 fully saturated rings. The summed E-state index contributed by atoms with van der Waals surface area (Å²) in [5.41, 5.74) is 3.52. The molecule has 0 amide bonds. The smallest absolute Gasteiger partial charge is 0.0890 e. The third-order valence-electron chi connectivity index (χ3n) is 4.40. The summed E-state index contributed by atoms with van der Waals surface area (Å²) in [6.45, 7) is 6.56. The molecule has 1 N–H and O–H groups in total. The zero-order valence-electron chi connectivity index (χ0n) is 11.7. The molecule has 0 spiro atoms. The first kappa shape index (κ1) is 12.5. The van der Waals surface area contributed by atoms with E-state index in [2.05, 4.69) is 29.1 Å². The first-order chi connectivity index (χ1) is 9.20. The Morgan fingerprint density at radius 3 is 2.63 bits per heavy atom. The van der Waals surface area contributed by atoms with Gasteiger partial charge in [0, 0.05) is 13.1 Å².